The number of hydrogen-bond donors (Lipinski definition) is 2. The van der Waals surface area contributed by atoms with Crippen molar-refractivity contribution in [1.29, 1.82) is 0 Å². The maximum atomic E-state index is 12.6. The van der Waals surface area contributed by atoms with Gasteiger partial charge in [0.15, 0.2) is 5.65 Å². The van der Waals surface area contributed by atoms with Gasteiger partial charge in [-0.05, 0) is 19.1 Å². The van der Waals surface area contributed by atoms with E-state index in [1.165, 1.54) is 6.20 Å². The molecular formula is C15H12F3N7. The van der Waals surface area contributed by atoms with Crippen molar-refractivity contribution >= 4 is 22.6 Å². The Kier molecular flexibility index (Phi) is 3.34. The van der Waals surface area contributed by atoms with Crippen LogP contribution in [-0.4, -0.2) is 41.8 Å². The van der Waals surface area contributed by atoms with Gasteiger partial charge in [-0.2, -0.15) is 23.3 Å². The molecule has 0 spiro atoms. The third-order valence-electron chi connectivity index (χ3n) is 3.80. The van der Waals surface area contributed by atoms with Gasteiger partial charge >= 0.3 is 6.18 Å². The molecule has 0 unspecified atom stereocenters. The van der Waals surface area contributed by atoms with Crippen LogP contribution >= 0.6 is 0 Å². The average molecular weight is 347 g/mol. The fraction of sp³-hybridized carbons (Fsp3) is 0.200. The number of H-pyrrole nitrogens is 1. The quantitative estimate of drug-likeness (QED) is 0.595. The molecule has 2 N–H and O–H groups in total. The summed E-state index contributed by atoms with van der Waals surface area (Å²) in [5.74, 6) is -0.0938. The van der Waals surface area contributed by atoms with Crippen LogP contribution in [0.2, 0.25) is 0 Å². The molecule has 0 aliphatic rings. The predicted molar refractivity (Wildman–Crippen MR) is 85.0 cm³/mol. The normalized spacial score (nSPS) is 13.4. The molecule has 7 nitrogen and oxygen atoms in total. The summed E-state index contributed by atoms with van der Waals surface area (Å²) in [6.45, 7) is 1.01. The summed E-state index contributed by atoms with van der Waals surface area (Å²) in [5.41, 5.74) is 2.56. The number of halogens is 3. The highest BCUT2D eigenvalue weighted by Gasteiger charge is 2.36. The fourth-order valence-electron chi connectivity index (χ4n) is 2.42. The van der Waals surface area contributed by atoms with Gasteiger partial charge in [0.05, 0.1) is 5.69 Å². The van der Waals surface area contributed by atoms with E-state index in [1.807, 2.05) is 12.1 Å². The lowest BCUT2D eigenvalue weighted by Crippen LogP contribution is -2.33. The maximum absolute atomic E-state index is 12.6. The van der Waals surface area contributed by atoms with Gasteiger partial charge in [-0.15, -0.1) is 0 Å². The molecule has 4 aromatic heterocycles. The van der Waals surface area contributed by atoms with Crippen molar-refractivity contribution < 1.29 is 13.2 Å². The molecule has 0 saturated carbocycles. The van der Waals surface area contributed by atoms with Gasteiger partial charge in [0.25, 0.3) is 0 Å². The molecule has 0 saturated heterocycles. The Labute approximate surface area is 138 Å². The monoisotopic (exact) mass is 347 g/mol. The first-order valence-electron chi connectivity index (χ1n) is 7.40. The van der Waals surface area contributed by atoms with Crippen LogP contribution < -0.4 is 5.32 Å². The number of nitrogens with one attached hydrogen (secondary N) is 2. The highest BCUT2D eigenvalue weighted by molar-refractivity contribution is 5.92. The zero-order valence-corrected chi connectivity index (χ0v) is 12.9. The highest BCUT2D eigenvalue weighted by Crippen LogP contribution is 2.27. The Balaban J connectivity index is 1.70. The highest BCUT2D eigenvalue weighted by atomic mass is 19.4. The standard InChI is InChI=1S/C15H12F3N7/c1-8(15(16,17)18)22-14-21-7-10-9(6-20-13(10)23-14)11-2-3-12-19-4-5-25(12)24-11/h2-8H,1H3,(H2,20,21,22,23)/t8-/m0/s1. The average Bonchev–Trinajstić information content (AvgIpc) is 3.19. The number of fused-ring (bicyclic) bond motifs is 2. The first-order chi connectivity index (χ1) is 11.9. The number of aromatic amines is 1. The number of hydrogen-bond acceptors (Lipinski definition) is 5. The molecule has 1 atom stereocenters. The second-order valence-corrected chi connectivity index (χ2v) is 5.51. The molecule has 4 aromatic rings. The minimum Gasteiger partial charge on any atom is -0.345 e. The minimum absolute atomic E-state index is 0.0938. The van der Waals surface area contributed by atoms with E-state index in [0.717, 1.165) is 12.5 Å². The van der Waals surface area contributed by atoms with Crippen molar-refractivity contribution in [3.63, 3.8) is 0 Å². The van der Waals surface area contributed by atoms with Crippen LogP contribution in [-0.2, 0) is 0 Å². The summed E-state index contributed by atoms with van der Waals surface area (Å²) in [4.78, 5) is 15.2. The van der Waals surface area contributed by atoms with Gasteiger partial charge in [0.1, 0.15) is 11.7 Å². The number of anilines is 1. The molecule has 0 amide bonds. The second kappa shape index (κ2) is 5.43. The summed E-state index contributed by atoms with van der Waals surface area (Å²) < 4.78 is 39.5. The zero-order chi connectivity index (χ0) is 17.6. The lowest BCUT2D eigenvalue weighted by atomic mass is 10.2. The van der Waals surface area contributed by atoms with Gasteiger partial charge in [-0.3, -0.25) is 0 Å². The number of alkyl halides is 3. The fourth-order valence-corrected chi connectivity index (χ4v) is 2.42. The Morgan fingerprint density at radius 3 is 2.88 bits per heavy atom. The number of imidazole rings is 1. The van der Waals surface area contributed by atoms with Gasteiger partial charge in [0.2, 0.25) is 5.95 Å². The summed E-state index contributed by atoms with van der Waals surface area (Å²) in [5, 5.41) is 7.36. The Morgan fingerprint density at radius 1 is 1.24 bits per heavy atom. The van der Waals surface area contributed by atoms with Crippen LogP contribution in [0.1, 0.15) is 6.92 Å². The minimum atomic E-state index is -4.37. The number of nitrogens with zero attached hydrogens (tertiary/aromatic N) is 5. The maximum Gasteiger partial charge on any atom is 0.408 e. The molecule has 0 aliphatic carbocycles. The van der Waals surface area contributed by atoms with E-state index in [-0.39, 0.29) is 5.95 Å². The van der Waals surface area contributed by atoms with Crippen LogP contribution in [0, 0.1) is 0 Å². The molecule has 4 heterocycles. The smallest absolute Gasteiger partial charge is 0.345 e. The first kappa shape index (κ1) is 15.4. The second-order valence-electron chi connectivity index (χ2n) is 5.51. The first-order valence-corrected chi connectivity index (χ1v) is 7.40. The van der Waals surface area contributed by atoms with E-state index >= 15 is 0 Å². The van der Waals surface area contributed by atoms with E-state index < -0.39 is 12.2 Å². The molecule has 25 heavy (non-hydrogen) atoms. The molecule has 0 radical (unpaired) electrons. The molecule has 4 rings (SSSR count). The van der Waals surface area contributed by atoms with Gasteiger partial charge in [-0.25, -0.2) is 14.5 Å². The summed E-state index contributed by atoms with van der Waals surface area (Å²) in [6.07, 6.45) is 2.17. The summed E-state index contributed by atoms with van der Waals surface area (Å²) in [7, 11) is 0. The number of aromatic nitrogens is 6. The zero-order valence-electron chi connectivity index (χ0n) is 12.9. The van der Waals surface area contributed by atoms with Crippen LogP contribution in [0.5, 0.6) is 0 Å². The predicted octanol–water partition coefficient (Wildman–Crippen LogP) is 3.03. The summed E-state index contributed by atoms with van der Waals surface area (Å²) in [6, 6.07) is 1.89. The van der Waals surface area contributed by atoms with Crippen molar-refractivity contribution in [2.75, 3.05) is 5.32 Å². The molecule has 0 fully saturated rings. The third-order valence-corrected chi connectivity index (χ3v) is 3.80. The van der Waals surface area contributed by atoms with Gasteiger partial charge in [0, 0.05) is 35.7 Å². The Hall–Kier alpha value is -3.17. The van der Waals surface area contributed by atoms with Crippen LogP contribution in [0.3, 0.4) is 0 Å². The molecule has 0 aromatic carbocycles. The van der Waals surface area contributed by atoms with E-state index in [4.69, 9.17) is 0 Å². The van der Waals surface area contributed by atoms with E-state index in [9.17, 15) is 13.2 Å². The van der Waals surface area contributed by atoms with Crippen LogP contribution in [0.15, 0.2) is 36.9 Å². The van der Waals surface area contributed by atoms with Crippen LogP contribution in [0.4, 0.5) is 19.1 Å². The third kappa shape index (κ3) is 2.75. The largest absolute Gasteiger partial charge is 0.408 e. The van der Waals surface area contributed by atoms with E-state index in [2.05, 4.69) is 30.4 Å². The lowest BCUT2D eigenvalue weighted by molar-refractivity contribution is -0.138. The van der Waals surface area contributed by atoms with E-state index in [0.29, 0.717) is 22.4 Å². The lowest BCUT2D eigenvalue weighted by Gasteiger charge is -2.16. The summed E-state index contributed by atoms with van der Waals surface area (Å²) >= 11 is 0. The Bertz CT molecular complexity index is 1050. The van der Waals surface area contributed by atoms with Crippen LogP contribution in [0.25, 0.3) is 27.9 Å². The molecule has 128 valence electrons. The van der Waals surface area contributed by atoms with Gasteiger partial charge < -0.3 is 10.3 Å². The number of rotatable bonds is 3. The van der Waals surface area contributed by atoms with Crippen molar-refractivity contribution in [1.82, 2.24) is 29.5 Å². The van der Waals surface area contributed by atoms with Crippen molar-refractivity contribution in [2.45, 2.75) is 19.1 Å². The topological polar surface area (TPSA) is 83.8 Å². The SMILES string of the molecule is C[C@H](Nc1ncc2c(-c3ccc4nccn4n3)c[nH]c2n1)C(F)(F)F. The van der Waals surface area contributed by atoms with Crippen molar-refractivity contribution in [2.24, 2.45) is 0 Å². The molecule has 0 aliphatic heterocycles. The van der Waals surface area contributed by atoms with Crippen molar-refractivity contribution in [3.8, 4) is 11.3 Å². The molecule has 0 bridgehead atoms. The molecular weight excluding hydrogens is 335 g/mol. The van der Waals surface area contributed by atoms with E-state index in [1.54, 1.807) is 23.1 Å². The Morgan fingerprint density at radius 2 is 2.08 bits per heavy atom. The molecule has 10 heteroatoms. The van der Waals surface area contributed by atoms with Gasteiger partial charge in [-0.1, -0.05) is 0 Å². The van der Waals surface area contributed by atoms with Crippen molar-refractivity contribution in [3.05, 3.63) is 36.9 Å².